The highest BCUT2D eigenvalue weighted by Gasteiger charge is 2.27. The molecule has 0 saturated carbocycles. The van der Waals surface area contributed by atoms with E-state index in [2.05, 4.69) is 31.9 Å². The molecule has 6 nitrogen and oxygen atoms in total. The molecule has 1 heterocycles. The van der Waals surface area contributed by atoms with Crippen LogP contribution in [-0.2, 0) is 9.53 Å². The van der Waals surface area contributed by atoms with Crippen molar-refractivity contribution in [3.05, 3.63) is 72.8 Å². The Morgan fingerprint density at radius 1 is 1.09 bits per heavy atom. The van der Waals surface area contributed by atoms with Crippen molar-refractivity contribution < 1.29 is 32.3 Å². The monoisotopic (exact) mass is 580 g/mol. The lowest BCUT2D eigenvalue weighted by molar-refractivity contribution is -0.147. The van der Waals surface area contributed by atoms with Gasteiger partial charge in [-0.05, 0) is 49.6 Å². The normalized spacial score (nSPS) is 11.1. The van der Waals surface area contributed by atoms with Gasteiger partial charge in [-0.25, -0.2) is 8.78 Å². The number of esters is 1. The highest BCUT2D eigenvalue weighted by molar-refractivity contribution is 9.11. The van der Waals surface area contributed by atoms with E-state index in [9.17, 15) is 18.8 Å². The van der Waals surface area contributed by atoms with Crippen molar-refractivity contribution in [2.75, 3.05) is 6.79 Å². The maximum atomic E-state index is 15.0. The second-order valence-corrected chi connectivity index (χ2v) is 8.46. The molecular weight excluding hydrogens is 570 g/mol. The van der Waals surface area contributed by atoms with Gasteiger partial charge in [0.25, 0.3) is 0 Å². The molecule has 0 aromatic heterocycles. The van der Waals surface area contributed by atoms with Gasteiger partial charge < -0.3 is 13.9 Å². The summed E-state index contributed by atoms with van der Waals surface area (Å²) in [6, 6.07) is 8.49. The van der Waals surface area contributed by atoms with Crippen LogP contribution in [0.25, 0.3) is 33.4 Å². The quantitative estimate of drug-likeness (QED) is 0.123. The Balaban J connectivity index is 2.08. The van der Waals surface area contributed by atoms with E-state index in [1.54, 1.807) is 24.3 Å². The molecule has 0 saturated heterocycles. The highest BCUT2D eigenvalue weighted by atomic mass is 79.9. The number of benzene rings is 3. The summed E-state index contributed by atoms with van der Waals surface area (Å²) in [6.07, 6.45) is 0.670. The average molecular weight is 582 g/mol. The van der Waals surface area contributed by atoms with Gasteiger partial charge in [-0.1, -0.05) is 24.3 Å². The maximum absolute atomic E-state index is 15.0. The lowest BCUT2D eigenvalue weighted by Crippen LogP contribution is -2.10. The summed E-state index contributed by atoms with van der Waals surface area (Å²) in [7, 11) is 0. The summed E-state index contributed by atoms with van der Waals surface area (Å²) in [5.74, 6) is -2.69. The van der Waals surface area contributed by atoms with E-state index in [0.29, 0.717) is 23.0 Å². The van der Waals surface area contributed by atoms with E-state index >= 15 is 4.39 Å². The van der Waals surface area contributed by atoms with Gasteiger partial charge >= 0.3 is 5.97 Å². The molecule has 2 aromatic rings. The van der Waals surface area contributed by atoms with Crippen LogP contribution in [0.1, 0.15) is 17.3 Å². The van der Waals surface area contributed by atoms with Crippen LogP contribution in [0.4, 0.5) is 8.78 Å². The molecule has 2 aliphatic rings. The largest absolute Gasteiger partial charge is 0.453 e. The van der Waals surface area contributed by atoms with Gasteiger partial charge in [0.05, 0.1) is 0 Å². The van der Waals surface area contributed by atoms with Crippen LogP contribution in [0.2, 0.25) is 0 Å². The Kier molecular flexibility index (Phi) is 6.31. The summed E-state index contributed by atoms with van der Waals surface area (Å²) in [5, 5.41) is 0.246. The van der Waals surface area contributed by atoms with Crippen molar-refractivity contribution in [2.45, 2.75) is 6.92 Å². The van der Waals surface area contributed by atoms with Crippen LogP contribution in [0.3, 0.4) is 0 Å². The lowest BCUT2D eigenvalue weighted by atomic mass is 9.93. The van der Waals surface area contributed by atoms with Crippen LogP contribution in [-0.4, -0.2) is 19.0 Å². The predicted molar refractivity (Wildman–Crippen MR) is 123 cm³/mol. The first kappa shape index (κ1) is 23.1. The number of rotatable bonds is 5. The Bertz CT molecular complexity index is 1450. The molecule has 10 heteroatoms. The number of halogens is 4. The number of hydrogen-bond acceptors (Lipinski definition) is 6. The van der Waals surface area contributed by atoms with Gasteiger partial charge in [-0.3, -0.25) is 14.4 Å². The van der Waals surface area contributed by atoms with Gasteiger partial charge in [0.2, 0.25) is 12.2 Å². The standard InChI is InChI=1S/C23H12Br2F2O6/c1-10(29)31-9-32-23-16(27)7-14-17(12-4-2-11(8-28)3-5-12)13-6-15(26)20(30)18(24)21(13)33-22(14)19(23)25/h2-8H,9H2,1H3. The number of fused-ring (bicyclic) bond motifs is 2. The highest BCUT2D eigenvalue weighted by Crippen LogP contribution is 2.47. The van der Waals surface area contributed by atoms with Crippen LogP contribution < -0.4 is 10.2 Å². The number of carbonyl (C=O) groups excluding carboxylic acids is 2. The van der Waals surface area contributed by atoms with E-state index in [-0.39, 0.29) is 37.0 Å². The molecule has 0 N–H and O–H groups in total. The fourth-order valence-corrected chi connectivity index (χ4v) is 4.41. The fraction of sp³-hybridized carbons (Fsp3) is 0.0870. The summed E-state index contributed by atoms with van der Waals surface area (Å²) in [4.78, 5) is 34.2. The first-order valence-corrected chi connectivity index (χ1v) is 10.9. The van der Waals surface area contributed by atoms with Crippen molar-refractivity contribution in [1.82, 2.24) is 0 Å². The van der Waals surface area contributed by atoms with E-state index in [1.165, 1.54) is 6.92 Å². The topological polar surface area (TPSA) is 82.8 Å². The molecule has 33 heavy (non-hydrogen) atoms. The molecule has 0 spiro atoms. The minimum absolute atomic E-state index is 0.0293. The van der Waals surface area contributed by atoms with Gasteiger partial charge in [0.1, 0.15) is 15.2 Å². The van der Waals surface area contributed by atoms with Crippen molar-refractivity contribution >= 4 is 55.1 Å². The van der Waals surface area contributed by atoms with Gasteiger partial charge in [0, 0.05) is 29.0 Å². The van der Waals surface area contributed by atoms with Crippen LogP contribution in [0.5, 0.6) is 5.75 Å². The second-order valence-electron chi connectivity index (χ2n) is 6.87. The zero-order valence-corrected chi connectivity index (χ0v) is 19.9. The molecule has 0 fully saturated rings. The van der Waals surface area contributed by atoms with Gasteiger partial charge in [-0.15, -0.1) is 0 Å². The number of carbonyl (C=O) groups is 2. The second kappa shape index (κ2) is 9.03. The average Bonchev–Trinajstić information content (AvgIpc) is 2.79. The Labute approximate surface area is 201 Å². The first-order chi connectivity index (χ1) is 15.7. The summed E-state index contributed by atoms with van der Waals surface area (Å²) < 4.78 is 45.2. The minimum atomic E-state index is -1.02. The molecule has 0 amide bonds. The van der Waals surface area contributed by atoms with E-state index < -0.39 is 29.8 Å². The molecule has 4 rings (SSSR count). The first-order valence-electron chi connectivity index (χ1n) is 9.31. The van der Waals surface area contributed by atoms with E-state index in [4.69, 9.17) is 13.9 Å². The Morgan fingerprint density at radius 2 is 1.79 bits per heavy atom. The summed E-state index contributed by atoms with van der Waals surface area (Å²) in [6.45, 7) is 0.638. The van der Waals surface area contributed by atoms with Crippen molar-refractivity contribution in [1.29, 1.82) is 0 Å². The van der Waals surface area contributed by atoms with Crippen LogP contribution >= 0.6 is 31.9 Å². The third-order valence-electron chi connectivity index (χ3n) is 4.81. The SMILES string of the molecule is CC(=O)OCOc1c(F)cc2c(-c3ccc(C=O)cc3)c3cc(F)c(=O)c(Br)c-3oc2c1Br. The summed E-state index contributed by atoms with van der Waals surface area (Å²) >= 11 is 6.35. The zero-order valence-electron chi connectivity index (χ0n) is 16.7. The Morgan fingerprint density at radius 3 is 2.42 bits per heavy atom. The van der Waals surface area contributed by atoms with Crippen LogP contribution in [0.15, 0.2) is 54.6 Å². The third kappa shape index (κ3) is 4.16. The van der Waals surface area contributed by atoms with E-state index in [0.717, 1.165) is 12.1 Å². The maximum Gasteiger partial charge on any atom is 0.305 e. The van der Waals surface area contributed by atoms with E-state index in [1.807, 2.05) is 0 Å². The minimum Gasteiger partial charge on any atom is -0.453 e. The number of hydrogen-bond donors (Lipinski definition) is 0. The number of aldehydes is 1. The van der Waals surface area contributed by atoms with Crippen molar-refractivity contribution in [3.8, 4) is 28.2 Å². The molecule has 168 valence electrons. The molecule has 2 aromatic carbocycles. The van der Waals surface area contributed by atoms with Gasteiger partial charge in [0.15, 0.2) is 28.7 Å². The smallest absolute Gasteiger partial charge is 0.305 e. The molecule has 0 bridgehead atoms. The molecule has 0 unspecified atom stereocenters. The van der Waals surface area contributed by atoms with Crippen LogP contribution in [0, 0.1) is 11.6 Å². The fourth-order valence-electron chi connectivity index (χ4n) is 3.33. The lowest BCUT2D eigenvalue weighted by Gasteiger charge is -2.18. The molecule has 0 atom stereocenters. The van der Waals surface area contributed by atoms with Gasteiger partial charge in [-0.2, -0.15) is 0 Å². The molecule has 0 radical (unpaired) electrons. The summed E-state index contributed by atoms with van der Waals surface area (Å²) in [5.41, 5.74) is 0.715. The molecular formula is C23H12Br2F2O6. The number of ether oxygens (including phenoxy) is 2. The zero-order chi connectivity index (χ0) is 23.9. The van der Waals surface area contributed by atoms with Crippen molar-refractivity contribution in [2.24, 2.45) is 0 Å². The molecule has 1 aliphatic heterocycles. The predicted octanol–water partition coefficient (Wildman–Crippen LogP) is 6.08. The third-order valence-corrected chi connectivity index (χ3v) is 6.25. The Hall–Kier alpha value is -3.11. The van der Waals surface area contributed by atoms with Crippen molar-refractivity contribution in [3.63, 3.8) is 0 Å². The molecule has 1 aliphatic carbocycles.